The average molecular weight is 308 g/mol. The van der Waals surface area contributed by atoms with Crippen LogP contribution in [0.5, 0.6) is 11.5 Å². The van der Waals surface area contributed by atoms with Crippen LogP contribution in [0.2, 0.25) is 0 Å². The van der Waals surface area contributed by atoms with Crippen molar-refractivity contribution in [3.63, 3.8) is 0 Å². The number of benzene rings is 1. The van der Waals surface area contributed by atoms with Crippen molar-refractivity contribution < 1.29 is 14.3 Å². The molecule has 2 N–H and O–H groups in total. The van der Waals surface area contributed by atoms with E-state index in [0.717, 1.165) is 25.9 Å². The van der Waals surface area contributed by atoms with E-state index in [1.54, 1.807) is 32.2 Å². The van der Waals surface area contributed by atoms with Gasteiger partial charge in [-0.15, -0.1) is 0 Å². The standard InChI is InChI=1S/C15H20N2O3S/c1-10(15(18)17-7-3-4-8-17)20-12-6-5-11(14(16)21)9-13(12)19-2/h5-6,9-10H,3-4,7-8H2,1-2H3,(H2,16,21). The molecule has 21 heavy (non-hydrogen) atoms. The Hall–Kier alpha value is -1.82. The fraction of sp³-hybridized carbons (Fsp3) is 0.467. The molecule has 0 radical (unpaired) electrons. The first kappa shape index (κ1) is 15.6. The van der Waals surface area contributed by atoms with Crippen molar-refractivity contribution in [3.05, 3.63) is 23.8 Å². The summed E-state index contributed by atoms with van der Waals surface area (Å²) in [6.07, 6.45) is 1.57. The Kier molecular flexibility index (Phi) is 5.01. The van der Waals surface area contributed by atoms with Gasteiger partial charge in [0.1, 0.15) is 4.99 Å². The molecule has 1 aliphatic rings. The number of amides is 1. The van der Waals surface area contributed by atoms with Gasteiger partial charge in [0, 0.05) is 18.7 Å². The lowest BCUT2D eigenvalue weighted by molar-refractivity contribution is -0.136. The Morgan fingerprint density at radius 3 is 2.57 bits per heavy atom. The summed E-state index contributed by atoms with van der Waals surface area (Å²) < 4.78 is 11.0. The summed E-state index contributed by atoms with van der Waals surface area (Å²) in [5.41, 5.74) is 6.30. The van der Waals surface area contributed by atoms with Crippen LogP contribution >= 0.6 is 12.2 Å². The van der Waals surface area contributed by atoms with E-state index in [1.165, 1.54) is 0 Å². The fourth-order valence-electron chi connectivity index (χ4n) is 2.35. The minimum absolute atomic E-state index is 0.00738. The summed E-state index contributed by atoms with van der Waals surface area (Å²) in [4.78, 5) is 14.4. The van der Waals surface area contributed by atoms with Crippen molar-refractivity contribution in [2.24, 2.45) is 5.73 Å². The van der Waals surface area contributed by atoms with Gasteiger partial charge in [0.15, 0.2) is 17.6 Å². The molecule has 1 aromatic carbocycles. The van der Waals surface area contributed by atoms with Crippen molar-refractivity contribution >= 4 is 23.1 Å². The van der Waals surface area contributed by atoms with Crippen LogP contribution in [-0.2, 0) is 4.79 Å². The Morgan fingerprint density at radius 1 is 1.33 bits per heavy atom. The maximum Gasteiger partial charge on any atom is 0.263 e. The second-order valence-corrected chi connectivity index (χ2v) is 5.46. The number of hydrogen-bond donors (Lipinski definition) is 1. The highest BCUT2D eigenvalue weighted by Gasteiger charge is 2.25. The van der Waals surface area contributed by atoms with E-state index in [-0.39, 0.29) is 5.91 Å². The van der Waals surface area contributed by atoms with Crippen LogP contribution in [0.4, 0.5) is 0 Å². The third-order valence-corrected chi connectivity index (χ3v) is 3.75. The number of methoxy groups -OCH3 is 1. The van der Waals surface area contributed by atoms with Crippen molar-refractivity contribution in [1.29, 1.82) is 0 Å². The lowest BCUT2D eigenvalue weighted by atomic mass is 10.2. The molecule has 0 aromatic heterocycles. The van der Waals surface area contributed by atoms with E-state index in [1.807, 2.05) is 4.90 Å². The Balaban J connectivity index is 2.10. The van der Waals surface area contributed by atoms with E-state index in [9.17, 15) is 4.79 Å². The number of carbonyl (C=O) groups excluding carboxylic acids is 1. The van der Waals surface area contributed by atoms with Gasteiger partial charge in [-0.05, 0) is 38.0 Å². The Bertz CT molecular complexity index is 542. The van der Waals surface area contributed by atoms with Gasteiger partial charge in [-0.1, -0.05) is 12.2 Å². The van der Waals surface area contributed by atoms with E-state index < -0.39 is 6.10 Å². The maximum absolute atomic E-state index is 12.2. The molecule has 1 fully saturated rings. The number of ether oxygens (including phenoxy) is 2. The van der Waals surface area contributed by atoms with Gasteiger partial charge in [0.2, 0.25) is 0 Å². The van der Waals surface area contributed by atoms with Crippen molar-refractivity contribution in [2.45, 2.75) is 25.9 Å². The van der Waals surface area contributed by atoms with Crippen LogP contribution in [-0.4, -0.2) is 42.1 Å². The van der Waals surface area contributed by atoms with Crippen LogP contribution in [0.3, 0.4) is 0 Å². The van der Waals surface area contributed by atoms with Gasteiger partial charge in [-0.25, -0.2) is 0 Å². The largest absolute Gasteiger partial charge is 0.493 e. The molecule has 0 saturated carbocycles. The van der Waals surface area contributed by atoms with Crippen LogP contribution in [0.15, 0.2) is 18.2 Å². The quantitative estimate of drug-likeness (QED) is 0.839. The summed E-state index contributed by atoms with van der Waals surface area (Å²) in [7, 11) is 1.54. The summed E-state index contributed by atoms with van der Waals surface area (Å²) in [6.45, 7) is 3.37. The molecule has 6 heteroatoms. The smallest absolute Gasteiger partial charge is 0.263 e. The fourth-order valence-corrected chi connectivity index (χ4v) is 2.48. The third kappa shape index (κ3) is 3.64. The molecular weight excluding hydrogens is 288 g/mol. The van der Waals surface area contributed by atoms with E-state index in [4.69, 9.17) is 27.4 Å². The molecule has 2 rings (SSSR count). The van der Waals surface area contributed by atoms with Gasteiger partial charge in [-0.2, -0.15) is 0 Å². The second kappa shape index (κ2) is 6.76. The molecule has 114 valence electrons. The number of nitrogens with zero attached hydrogens (tertiary/aromatic N) is 1. The molecule has 0 bridgehead atoms. The molecule has 1 aliphatic heterocycles. The molecule has 5 nitrogen and oxygen atoms in total. The van der Waals surface area contributed by atoms with Gasteiger partial charge in [0.25, 0.3) is 5.91 Å². The van der Waals surface area contributed by atoms with E-state index in [0.29, 0.717) is 22.1 Å². The Labute approximate surface area is 130 Å². The lowest BCUT2D eigenvalue weighted by Gasteiger charge is -2.22. The molecule has 1 amide bonds. The zero-order chi connectivity index (χ0) is 15.4. The predicted octanol–water partition coefficient (Wildman–Crippen LogP) is 1.72. The second-order valence-electron chi connectivity index (χ2n) is 5.02. The lowest BCUT2D eigenvalue weighted by Crippen LogP contribution is -2.38. The topological polar surface area (TPSA) is 64.8 Å². The average Bonchev–Trinajstić information content (AvgIpc) is 3.00. The number of thiocarbonyl (C=S) groups is 1. The summed E-state index contributed by atoms with van der Waals surface area (Å²) in [5.74, 6) is 1.03. The molecule has 1 atom stereocenters. The molecule has 1 saturated heterocycles. The van der Waals surface area contributed by atoms with Gasteiger partial charge in [-0.3, -0.25) is 4.79 Å². The van der Waals surface area contributed by atoms with E-state index >= 15 is 0 Å². The number of carbonyl (C=O) groups is 1. The highest BCUT2D eigenvalue weighted by molar-refractivity contribution is 7.80. The summed E-state index contributed by atoms with van der Waals surface area (Å²) in [5, 5.41) is 0. The number of likely N-dealkylation sites (tertiary alicyclic amines) is 1. The highest BCUT2D eigenvalue weighted by Crippen LogP contribution is 2.29. The third-order valence-electron chi connectivity index (χ3n) is 3.52. The summed E-state index contributed by atoms with van der Waals surface area (Å²) >= 11 is 4.94. The number of rotatable bonds is 5. The Morgan fingerprint density at radius 2 is 2.00 bits per heavy atom. The summed E-state index contributed by atoms with van der Waals surface area (Å²) in [6, 6.07) is 5.19. The molecule has 1 aromatic rings. The zero-order valence-corrected chi connectivity index (χ0v) is 13.1. The SMILES string of the molecule is COc1cc(C(N)=S)ccc1OC(C)C(=O)N1CCCC1. The number of nitrogens with two attached hydrogens (primary N) is 1. The van der Waals surface area contributed by atoms with Gasteiger partial charge >= 0.3 is 0 Å². The maximum atomic E-state index is 12.2. The normalized spacial score (nSPS) is 15.6. The van der Waals surface area contributed by atoms with Crippen molar-refractivity contribution in [3.8, 4) is 11.5 Å². The van der Waals surface area contributed by atoms with Crippen LogP contribution < -0.4 is 15.2 Å². The minimum Gasteiger partial charge on any atom is -0.493 e. The van der Waals surface area contributed by atoms with E-state index in [2.05, 4.69) is 0 Å². The molecule has 0 aliphatic carbocycles. The van der Waals surface area contributed by atoms with Crippen LogP contribution in [0, 0.1) is 0 Å². The molecule has 1 unspecified atom stereocenters. The van der Waals surface area contributed by atoms with Crippen molar-refractivity contribution in [1.82, 2.24) is 4.90 Å². The van der Waals surface area contributed by atoms with Crippen molar-refractivity contribution in [2.75, 3.05) is 20.2 Å². The first-order valence-corrected chi connectivity index (χ1v) is 7.37. The van der Waals surface area contributed by atoms with Gasteiger partial charge < -0.3 is 20.1 Å². The molecular formula is C15H20N2O3S. The zero-order valence-electron chi connectivity index (χ0n) is 12.3. The minimum atomic E-state index is -0.548. The first-order chi connectivity index (χ1) is 10.0. The molecule has 1 heterocycles. The monoisotopic (exact) mass is 308 g/mol. The van der Waals surface area contributed by atoms with Crippen LogP contribution in [0.1, 0.15) is 25.3 Å². The number of hydrogen-bond acceptors (Lipinski definition) is 4. The first-order valence-electron chi connectivity index (χ1n) is 6.96. The van der Waals surface area contributed by atoms with Crippen LogP contribution in [0.25, 0.3) is 0 Å². The highest BCUT2D eigenvalue weighted by atomic mass is 32.1. The van der Waals surface area contributed by atoms with Gasteiger partial charge in [0.05, 0.1) is 7.11 Å². The predicted molar refractivity (Wildman–Crippen MR) is 84.8 cm³/mol. The molecule has 0 spiro atoms.